The molecule has 2 rings (SSSR count). The van der Waals surface area contributed by atoms with E-state index in [2.05, 4.69) is 4.98 Å². The van der Waals surface area contributed by atoms with Gasteiger partial charge in [-0.2, -0.15) is 0 Å². The number of nitrogens with two attached hydrogens (primary N) is 1. The van der Waals surface area contributed by atoms with E-state index < -0.39 is 10.0 Å². The maximum Gasteiger partial charge on any atom is 0.249 e. The Morgan fingerprint density at radius 3 is 2.50 bits per heavy atom. The van der Waals surface area contributed by atoms with E-state index >= 15 is 0 Å². The van der Waals surface area contributed by atoms with Gasteiger partial charge in [-0.15, -0.1) is 0 Å². The van der Waals surface area contributed by atoms with E-state index in [-0.39, 0.29) is 16.9 Å². The van der Waals surface area contributed by atoms with Crippen molar-refractivity contribution in [3.05, 3.63) is 41.6 Å². The lowest BCUT2D eigenvalue weighted by atomic mass is 10.0. The zero-order valence-electron chi connectivity index (χ0n) is 12.4. The Kier molecular flexibility index (Phi) is 5.17. The number of aliphatic hydroxyl groups excluding tert-OH is 1. The molecule has 1 heterocycles. The minimum atomic E-state index is -3.77. The van der Waals surface area contributed by atoms with E-state index in [1.165, 1.54) is 0 Å². The fourth-order valence-corrected chi connectivity index (χ4v) is 4.26. The second kappa shape index (κ2) is 6.74. The number of anilines is 1. The summed E-state index contributed by atoms with van der Waals surface area (Å²) in [5, 5.41) is 15.1. The zero-order valence-corrected chi connectivity index (χ0v) is 14.1. The van der Waals surface area contributed by atoms with Crippen LogP contribution in [0.15, 0.2) is 34.5 Å². The highest BCUT2D eigenvalue weighted by Gasteiger charge is 2.24. The second-order valence-corrected chi connectivity index (χ2v) is 7.70. The Balaban J connectivity index is 2.38. The molecule has 1 atom stereocenters. The molecule has 1 aromatic heterocycles. The fourth-order valence-electron chi connectivity index (χ4n) is 2.30. The molecular weight excluding hydrogens is 322 g/mol. The summed E-state index contributed by atoms with van der Waals surface area (Å²) in [6.07, 6.45) is 0.518. The lowest BCUT2D eigenvalue weighted by molar-refractivity contribution is 0.275. The summed E-state index contributed by atoms with van der Waals surface area (Å²) in [4.78, 5) is 6.18. The lowest BCUT2D eigenvalue weighted by Gasteiger charge is -2.27. The van der Waals surface area contributed by atoms with Crippen LogP contribution in [-0.2, 0) is 10.0 Å². The average Bonchev–Trinajstić information content (AvgIpc) is 2.87. The van der Waals surface area contributed by atoms with Crippen LogP contribution in [0, 0.1) is 6.92 Å². The third-order valence-corrected chi connectivity index (χ3v) is 6.16. The number of hydrogen-bond acceptors (Lipinski definition) is 6. The van der Waals surface area contributed by atoms with Crippen LogP contribution in [0.25, 0.3) is 0 Å². The van der Waals surface area contributed by atoms with Gasteiger partial charge in [0.2, 0.25) is 10.0 Å². The molecule has 2 aromatic rings. The molecule has 1 aromatic carbocycles. The summed E-state index contributed by atoms with van der Waals surface area (Å²) in [5.41, 5.74) is 1.43. The Labute approximate surface area is 134 Å². The van der Waals surface area contributed by atoms with Gasteiger partial charge in [-0.3, -0.25) is 0 Å². The van der Waals surface area contributed by atoms with E-state index in [0.29, 0.717) is 17.2 Å². The van der Waals surface area contributed by atoms with Crippen molar-refractivity contribution in [2.75, 3.05) is 18.6 Å². The number of aromatic nitrogens is 1. The van der Waals surface area contributed by atoms with Crippen molar-refractivity contribution in [1.82, 2.24) is 4.98 Å². The summed E-state index contributed by atoms with van der Waals surface area (Å²) < 4.78 is 23.2. The standard InChI is InChI=1S/C14H19N3O3S2/c1-10-13(22(15,19)20)21-14(16-10)17(2)12(8-9-18)11-6-4-3-5-7-11/h3-7,12,18H,8-9H2,1-2H3,(H2,15,19,20)/t12-/m0/s1. The fraction of sp³-hybridized carbons (Fsp3) is 0.357. The van der Waals surface area contributed by atoms with Crippen LogP contribution in [0.5, 0.6) is 0 Å². The first kappa shape index (κ1) is 16.9. The van der Waals surface area contributed by atoms with Crippen LogP contribution >= 0.6 is 11.3 Å². The number of benzene rings is 1. The minimum Gasteiger partial charge on any atom is -0.396 e. The van der Waals surface area contributed by atoms with Crippen LogP contribution < -0.4 is 10.0 Å². The molecule has 0 amide bonds. The van der Waals surface area contributed by atoms with Crippen molar-refractivity contribution in [3.8, 4) is 0 Å². The first-order valence-corrected chi connectivity index (χ1v) is 9.09. The van der Waals surface area contributed by atoms with Crippen molar-refractivity contribution in [3.63, 3.8) is 0 Å². The number of sulfonamides is 1. The maximum absolute atomic E-state index is 11.5. The normalized spacial score (nSPS) is 13.1. The van der Waals surface area contributed by atoms with Crippen molar-refractivity contribution in [2.45, 2.75) is 23.6 Å². The summed E-state index contributed by atoms with van der Waals surface area (Å²) in [5.74, 6) is 0. The van der Waals surface area contributed by atoms with Gasteiger partial charge in [0, 0.05) is 13.7 Å². The van der Waals surface area contributed by atoms with Gasteiger partial charge in [0.05, 0.1) is 11.7 Å². The first-order chi connectivity index (χ1) is 10.3. The maximum atomic E-state index is 11.5. The highest BCUT2D eigenvalue weighted by Crippen LogP contribution is 2.34. The molecule has 8 heteroatoms. The quantitative estimate of drug-likeness (QED) is 0.833. The molecule has 0 spiro atoms. The van der Waals surface area contributed by atoms with Crippen LogP contribution in [0.4, 0.5) is 5.13 Å². The third-order valence-electron chi connectivity index (χ3n) is 3.36. The Morgan fingerprint density at radius 2 is 2.00 bits per heavy atom. The molecule has 0 saturated heterocycles. The number of nitrogens with zero attached hydrogens (tertiary/aromatic N) is 2. The summed E-state index contributed by atoms with van der Waals surface area (Å²) in [6, 6.07) is 9.62. The van der Waals surface area contributed by atoms with Crippen LogP contribution in [0.3, 0.4) is 0 Å². The molecule has 0 radical (unpaired) electrons. The van der Waals surface area contributed by atoms with Crippen LogP contribution in [0.1, 0.15) is 23.7 Å². The smallest absolute Gasteiger partial charge is 0.249 e. The zero-order chi connectivity index (χ0) is 16.3. The molecule has 120 valence electrons. The predicted molar refractivity (Wildman–Crippen MR) is 87.5 cm³/mol. The molecule has 0 unspecified atom stereocenters. The van der Waals surface area contributed by atoms with Crippen molar-refractivity contribution < 1.29 is 13.5 Å². The Morgan fingerprint density at radius 1 is 1.36 bits per heavy atom. The largest absolute Gasteiger partial charge is 0.396 e. The average molecular weight is 341 g/mol. The van der Waals surface area contributed by atoms with Crippen molar-refractivity contribution in [1.29, 1.82) is 0 Å². The van der Waals surface area contributed by atoms with Gasteiger partial charge in [-0.1, -0.05) is 41.7 Å². The van der Waals surface area contributed by atoms with E-state index in [9.17, 15) is 13.5 Å². The number of aliphatic hydroxyl groups is 1. The van der Waals surface area contributed by atoms with Gasteiger partial charge in [0.25, 0.3) is 0 Å². The Bertz CT molecular complexity index is 729. The van der Waals surface area contributed by atoms with Gasteiger partial charge >= 0.3 is 0 Å². The van der Waals surface area contributed by atoms with E-state index in [1.54, 1.807) is 6.92 Å². The summed E-state index contributed by atoms with van der Waals surface area (Å²) in [7, 11) is -1.94. The molecule has 0 saturated carbocycles. The van der Waals surface area contributed by atoms with Crippen molar-refractivity contribution >= 4 is 26.5 Å². The van der Waals surface area contributed by atoms with Gasteiger partial charge in [-0.05, 0) is 18.9 Å². The minimum absolute atomic E-state index is 0.0241. The number of primary sulfonamides is 1. The lowest BCUT2D eigenvalue weighted by Crippen LogP contribution is -2.25. The molecule has 0 fully saturated rings. The molecule has 6 nitrogen and oxygen atoms in total. The van der Waals surface area contributed by atoms with Gasteiger partial charge in [0.1, 0.15) is 0 Å². The van der Waals surface area contributed by atoms with E-state index in [0.717, 1.165) is 16.9 Å². The number of rotatable bonds is 6. The van der Waals surface area contributed by atoms with Crippen molar-refractivity contribution in [2.24, 2.45) is 5.14 Å². The van der Waals surface area contributed by atoms with Gasteiger partial charge < -0.3 is 10.0 Å². The van der Waals surface area contributed by atoms with E-state index in [1.807, 2.05) is 42.3 Å². The molecule has 0 aliphatic heterocycles. The first-order valence-electron chi connectivity index (χ1n) is 6.73. The van der Waals surface area contributed by atoms with Gasteiger partial charge in [-0.25, -0.2) is 18.5 Å². The highest BCUT2D eigenvalue weighted by molar-refractivity contribution is 7.91. The molecule has 0 bridgehead atoms. The molecular formula is C14H19N3O3S2. The highest BCUT2D eigenvalue weighted by atomic mass is 32.2. The van der Waals surface area contributed by atoms with Gasteiger partial charge in [0.15, 0.2) is 9.34 Å². The third kappa shape index (κ3) is 3.64. The number of aryl methyl sites for hydroxylation is 1. The second-order valence-electron chi connectivity index (χ2n) is 4.96. The van der Waals surface area contributed by atoms with Crippen LogP contribution in [-0.4, -0.2) is 32.2 Å². The Hall–Kier alpha value is -1.48. The SMILES string of the molecule is Cc1nc(N(C)[C@@H](CCO)c2ccccc2)sc1S(N)(=O)=O. The summed E-state index contributed by atoms with van der Waals surface area (Å²) >= 11 is 1.04. The van der Waals surface area contributed by atoms with Crippen LogP contribution in [0.2, 0.25) is 0 Å². The topological polar surface area (TPSA) is 96.5 Å². The predicted octanol–water partition coefficient (Wildman–Crippen LogP) is 1.66. The molecule has 0 aliphatic carbocycles. The number of thiazole rings is 1. The molecule has 0 aliphatic rings. The van der Waals surface area contributed by atoms with E-state index in [4.69, 9.17) is 5.14 Å². The summed E-state index contributed by atoms with van der Waals surface area (Å²) in [6.45, 7) is 1.65. The molecule has 22 heavy (non-hydrogen) atoms. The molecule has 3 N–H and O–H groups in total. The number of hydrogen-bond donors (Lipinski definition) is 2. The monoisotopic (exact) mass is 341 g/mol.